The summed E-state index contributed by atoms with van der Waals surface area (Å²) < 4.78 is 14.4. The molecule has 0 aromatic heterocycles. The van der Waals surface area contributed by atoms with Gasteiger partial charge in [-0.3, -0.25) is 9.59 Å². The molecule has 2 aromatic rings. The van der Waals surface area contributed by atoms with Crippen LogP contribution in [-0.2, 0) is 14.3 Å². The van der Waals surface area contributed by atoms with E-state index < -0.39 is 23.8 Å². The van der Waals surface area contributed by atoms with E-state index in [1.807, 2.05) is 0 Å². The first-order chi connectivity index (χ1) is 12.9. The van der Waals surface area contributed by atoms with Gasteiger partial charge in [0, 0.05) is 6.92 Å². The van der Waals surface area contributed by atoms with Gasteiger partial charge in [-0.2, -0.15) is 0 Å². The molecule has 0 saturated carbocycles. The van der Waals surface area contributed by atoms with E-state index in [1.54, 1.807) is 12.1 Å². The summed E-state index contributed by atoms with van der Waals surface area (Å²) in [5.74, 6) is -2.50. The molecular weight excluding hydrogens is 354 g/mol. The zero-order valence-corrected chi connectivity index (χ0v) is 14.9. The number of para-hydroxylation sites is 1. The maximum absolute atomic E-state index is 12.7. The summed E-state index contributed by atoms with van der Waals surface area (Å²) in [6.07, 6.45) is 0. The van der Waals surface area contributed by atoms with Crippen LogP contribution in [0.3, 0.4) is 0 Å². The number of esters is 3. The lowest BCUT2D eigenvalue weighted by molar-refractivity contribution is -0.131. The highest BCUT2D eigenvalue weighted by molar-refractivity contribution is 6.10. The highest BCUT2D eigenvalue weighted by Crippen LogP contribution is 2.23. The number of carbonyl (C=O) groups excluding carboxylic acids is 4. The summed E-state index contributed by atoms with van der Waals surface area (Å²) in [6, 6.07) is 10.1. The van der Waals surface area contributed by atoms with Crippen molar-refractivity contribution in [2.24, 2.45) is 0 Å². The molecule has 8 nitrogen and oxygen atoms in total. The quantitative estimate of drug-likeness (QED) is 0.635. The molecule has 0 aliphatic carbocycles. The Balaban J connectivity index is 2.43. The third-order valence-electron chi connectivity index (χ3n) is 3.48. The fraction of sp³-hybridized carbons (Fsp3) is 0.158. The maximum Gasteiger partial charge on any atom is 0.339 e. The van der Waals surface area contributed by atoms with Crippen molar-refractivity contribution >= 4 is 29.5 Å². The summed E-state index contributed by atoms with van der Waals surface area (Å²) in [5, 5.41) is 2.54. The zero-order chi connectivity index (χ0) is 20.0. The van der Waals surface area contributed by atoms with Crippen LogP contribution in [0.1, 0.15) is 38.0 Å². The molecule has 2 rings (SSSR count). The minimum Gasteiger partial charge on any atom is -0.465 e. The average molecular weight is 371 g/mol. The van der Waals surface area contributed by atoms with E-state index in [1.165, 1.54) is 51.5 Å². The van der Waals surface area contributed by atoms with Crippen LogP contribution in [0.25, 0.3) is 0 Å². The second kappa shape index (κ2) is 8.61. The van der Waals surface area contributed by atoms with Crippen LogP contribution in [0.15, 0.2) is 42.5 Å². The molecule has 0 fully saturated rings. The number of hydrogen-bond donors (Lipinski definition) is 1. The van der Waals surface area contributed by atoms with Gasteiger partial charge in [-0.1, -0.05) is 12.1 Å². The van der Waals surface area contributed by atoms with Crippen LogP contribution in [0.5, 0.6) is 5.75 Å². The molecule has 27 heavy (non-hydrogen) atoms. The second-order valence-electron chi connectivity index (χ2n) is 5.29. The first-order valence-corrected chi connectivity index (χ1v) is 7.76. The summed E-state index contributed by atoms with van der Waals surface area (Å²) >= 11 is 0. The van der Waals surface area contributed by atoms with Gasteiger partial charge < -0.3 is 19.5 Å². The second-order valence-corrected chi connectivity index (χ2v) is 5.29. The molecule has 0 bridgehead atoms. The van der Waals surface area contributed by atoms with E-state index in [-0.39, 0.29) is 28.1 Å². The highest BCUT2D eigenvalue weighted by atomic mass is 16.5. The monoisotopic (exact) mass is 371 g/mol. The number of nitrogens with one attached hydrogen (secondary N) is 1. The third-order valence-corrected chi connectivity index (χ3v) is 3.48. The highest BCUT2D eigenvalue weighted by Gasteiger charge is 2.20. The molecule has 0 unspecified atom stereocenters. The van der Waals surface area contributed by atoms with Gasteiger partial charge in [0.2, 0.25) is 0 Å². The van der Waals surface area contributed by atoms with Gasteiger partial charge in [0.05, 0.1) is 36.6 Å². The maximum atomic E-state index is 12.7. The molecule has 0 spiro atoms. The van der Waals surface area contributed by atoms with Gasteiger partial charge in [0.15, 0.2) is 0 Å². The summed E-state index contributed by atoms with van der Waals surface area (Å²) in [4.78, 5) is 47.6. The van der Waals surface area contributed by atoms with Gasteiger partial charge in [-0.05, 0) is 30.3 Å². The molecule has 140 valence electrons. The molecule has 2 aromatic carbocycles. The fourth-order valence-electron chi connectivity index (χ4n) is 2.27. The van der Waals surface area contributed by atoms with Gasteiger partial charge in [-0.25, -0.2) is 9.59 Å². The van der Waals surface area contributed by atoms with Crippen LogP contribution < -0.4 is 10.1 Å². The van der Waals surface area contributed by atoms with Crippen molar-refractivity contribution in [3.63, 3.8) is 0 Å². The number of carbonyl (C=O) groups is 4. The predicted octanol–water partition coefficient (Wildman–Crippen LogP) is 2.44. The Morgan fingerprint density at radius 2 is 1.52 bits per heavy atom. The Kier molecular flexibility index (Phi) is 6.27. The van der Waals surface area contributed by atoms with E-state index >= 15 is 0 Å². The van der Waals surface area contributed by atoms with Crippen molar-refractivity contribution in [3.05, 3.63) is 59.2 Å². The van der Waals surface area contributed by atoms with Crippen molar-refractivity contribution in [1.82, 2.24) is 0 Å². The first kappa shape index (κ1) is 19.6. The largest absolute Gasteiger partial charge is 0.465 e. The lowest BCUT2D eigenvalue weighted by Crippen LogP contribution is -2.18. The van der Waals surface area contributed by atoms with Gasteiger partial charge in [0.25, 0.3) is 5.91 Å². The summed E-state index contributed by atoms with van der Waals surface area (Å²) in [7, 11) is 2.41. The van der Waals surface area contributed by atoms with Crippen LogP contribution >= 0.6 is 0 Å². The number of amides is 1. The van der Waals surface area contributed by atoms with E-state index in [9.17, 15) is 19.2 Å². The number of methoxy groups -OCH3 is 2. The van der Waals surface area contributed by atoms with Crippen molar-refractivity contribution in [2.75, 3.05) is 19.5 Å². The van der Waals surface area contributed by atoms with Crippen LogP contribution in [-0.4, -0.2) is 38.0 Å². The van der Waals surface area contributed by atoms with Gasteiger partial charge in [0.1, 0.15) is 5.75 Å². The summed E-state index contributed by atoms with van der Waals surface area (Å²) in [6.45, 7) is 1.21. The molecule has 0 saturated heterocycles. The standard InChI is InChI=1S/C19H17NO7/c1-11(21)27-16-7-5-4-6-14(16)17(22)20-15-10-12(18(23)25-2)8-9-13(15)19(24)26-3/h4-10H,1-3H3,(H,20,22). The number of benzene rings is 2. The van der Waals surface area contributed by atoms with E-state index in [0.29, 0.717) is 0 Å². The fourth-order valence-corrected chi connectivity index (χ4v) is 2.27. The minimum absolute atomic E-state index is 0.0449. The lowest BCUT2D eigenvalue weighted by Gasteiger charge is -2.13. The molecule has 0 aliphatic rings. The van der Waals surface area contributed by atoms with Crippen LogP contribution in [0.4, 0.5) is 5.69 Å². The number of anilines is 1. The zero-order valence-electron chi connectivity index (χ0n) is 14.9. The smallest absolute Gasteiger partial charge is 0.339 e. The molecule has 0 radical (unpaired) electrons. The topological polar surface area (TPSA) is 108 Å². The molecule has 8 heteroatoms. The molecule has 0 aliphatic heterocycles. The number of rotatable bonds is 5. The Bertz CT molecular complexity index is 905. The number of ether oxygens (including phenoxy) is 3. The van der Waals surface area contributed by atoms with Crippen molar-refractivity contribution < 1.29 is 33.4 Å². The third kappa shape index (κ3) is 4.69. The Morgan fingerprint density at radius 1 is 0.852 bits per heavy atom. The van der Waals surface area contributed by atoms with Crippen LogP contribution in [0, 0.1) is 0 Å². The molecule has 1 N–H and O–H groups in total. The van der Waals surface area contributed by atoms with Crippen LogP contribution in [0.2, 0.25) is 0 Å². The Labute approximate surface area is 155 Å². The van der Waals surface area contributed by atoms with E-state index in [4.69, 9.17) is 9.47 Å². The molecule has 1 amide bonds. The minimum atomic E-state index is -0.699. The Morgan fingerprint density at radius 3 is 2.15 bits per heavy atom. The predicted molar refractivity (Wildman–Crippen MR) is 94.8 cm³/mol. The summed E-state index contributed by atoms with van der Waals surface area (Å²) in [5.41, 5.74) is 0.302. The lowest BCUT2D eigenvalue weighted by atomic mass is 10.1. The van der Waals surface area contributed by atoms with E-state index in [2.05, 4.69) is 10.1 Å². The first-order valence-electron chi connectivity index (χ1n) is 7.76. The van der Waals surface area contributed by atoms with Gasteiger partial charge in [-0.15, -0.1) is 0 Å². The van der Waals surface area contributed by atoms with Crippen molar-refractivity contribution in [3.8, 4) is 5.75 Å². The normalized spacial score (nSPS) is 9.89. The van der Waals surface area contributed by atoms with Gasteiger partial charge >= 0.3 is 17.9 Å². The average Bonchev–Trinajstić information content (AvgIpc) is 2.66. The Hall–Kier alpha value is -3.68. The van der Waals surface area contributed by atoms with Crippen molar-refractivity contribution in [2.45, 2.75) is 6.92 Å². The number of hydrogen-bond acceptors (Lipinski definition) is 7. The van der Waals surface area contributed by atoms with Crippen molar-refractivity contribution in [1.29, 1.82) is 0 Å². The SMILES string of the molecule is COC(=O)c1ccc(C(=O)OC)c(NC(=O)c2ccccc2OC(C)=O)c1. The molecule has 0 atom stereocenters. The van der Waals surface area contributed by atoms with E-state index in [0.717, 1.165) is 0 Å². The molecule has 0 heterocycles. The molecular formula is C19H17NO7.